The van der Waals surface area contributed by atoms with Crippen LogP contribution >= 0.6 is 0 Å². The minimum atomic E-state index is -0.393. The number of hydrogen-bond donors (Lipinski definition) is 0. The van der Waals surface area contributed by atoms with Gasteiger partial charge in [-0.2, -0.15) is 0 Å². The molecule has 0 radical (unpaired) electrons. The third kappa shape index (κ3) is 2.23. The van der Waals surface area contributed by atoms with Gasteiger partial charge in [-0.1, -0.05) is 62.4 Å². The Labute approximate surface area is 124 Å². The van der Waals surface area contributed by atoms with Crippen LogP contribution in [-0.4, -0.2) is 11.6 Å². The van der Waals surface area contributed by atoms with E-state index in [2.05, 4.69) is 0 Å². The third-order valence-electron chi connectivity index (χ3n) is 3.81. The van der Waals surface area contributed by atoms with Crippen LogP contribution in [0.15, 0.2) is 54.1 Å². The first-order valence-electron chi connectivity index (χ1n) is 7.08. The Morgan fingerprint density at radius 3 is 2.19 bits per heavy atom. The minimum absolute atomic E-state index is 0.0509. The Bertz CT molecular complexity index is 752. The van der Waals surface area contributed by atoms with Crippen molar-refractivity contribution >= 4 is 17.6 Å². The van der Waals surface area contributed by atoms with Gasteiger partial charge in [0.1, 0.15) is 0 Å². The summed E-state index contributed by atoms with van der Waals surface area (Å²) in [6.45, 7) is 3.87. The number of hydrogen-bond acceptors (Lipinski definition) is 2. The summed E-state index contributed by atoms with van der Waals surface area (Å²) in [5.74, 6) is -0.716. The number of ketones is 2. The molecule has 0 saturated heterocycles. The van der Waals surface area contributed by atoms with Crippen LogP contribution in [0.1, 0.15) is 29.8 Å². The lowest BCUT2D eigenvalue weighted by Crippen LogP contribution is -2.24. The van der Waals surface area contributed by atoms with Crippen molar-refractivity contribution in [2.24, 2.45) is 5.92 Å². The molecule has 0 heterocycles. The second kappa shape index (κ2) is 5.13. The summed E-state index contributed by atoms with van der Waals surface area (Å²) in [6, 6.07) is 15.4. The maximum atomic E-state index is 12.5. The van der Waals surface area contributed by atoms with Gasteiger partial charge >= 0.3 is 0 Å². The quantitative estimate of drug-likeness (QED) is 0.772. The minimum Gasteiger partial charge on any atom is -0.285 e. The zero-order valence-corrected chi connectivity index (χ0v) is 12.1. The molecule has 21 heavy (non-hydrogen) atoms. The molecule has 1 aliphatic rings. The van der Waals surface area contributed by atoms with Crippen LogP contribution in [0.5, 0.6) is 0 Å². The number of allylic oxidation sites excluding steroid dienone is 1. The van der Waals surface area contributed by atoms with Gasteiger partial charge in [-0.3, -0.25) is 9.59 Å². The summed E-state index contributed by atoms with van der Waals surface area (Å²) in [7, 11) is 0. The maximum absolute atomic E-state index is 12.5. The van der Waals surface area contributed by atoms with Crippen LogP contribution in [-0.2, 0) is 4.79 Å². The lowest BCUT2D eigenvalue weighted by atomic mass is 9.82. The van der Waals surface area contributed by atoms with E-state index in [0.717, 1.165) is 16.7 Å². The summed E-state index contributed by atoms with van der Waals surface area (Å²) in [5.41, 5.74) is 3.74. The van der Waals surface area contributed by atoms with Gasteiger partial charge in [0.2, 0.25) is 11.6 Å². The molecule has 0 N–H and O–H groups in total. The first-order valence-corrected chi connectivity index (χ1v) is 7.08. The number of Topliss-reactive ketones (excluding diaryl/α,β-unsaturated/α-hetero) is 2. The fourth-order valence-corrected chi connectivity index (χ4v) is 2.71. The summed E-state index contributed by atoms with van der Waals surface area (Å²) < 4.78 is 0. The molecule has 104 valence electrons. The molecule has 2 heteroatoms. The highest BCUT2D eigenvalue weighted by Gasteiger charge is 2.30. The molecule has 0 fully saturated rings. The average Bonchev–Trinajstić information content (AvgIpc) is 2.50. The molecule has 0 unspecified atom stereocenters. The zero-order valence-electron chi connectivity index (χ0n) is 12.1. The van der Waals surface area contributed by atoms with Gasteiger partial charge in [0.05, 0.1) is 0 Å². The van der Waals surface area contributed by atoms with E-state index in [1.54, 1.807) is 0 Å². The van der Waals surface area contributed by atoms with Gasteiger partial charge in [-0.15, -0.1) is 0 Å². The van der Waals surface area contributed by atoms with Crippen molar-refractivity contribution in [2.45, 2.75) is 13.8 Å². The standard InChI is InChI=1S/C19H16O2/c1-12(2)16-11-14-9-6-10-15(13-7-4-3-5-8-13)17(14)19(21)18(16)20/h3-12H,1-2H3. The summed E-state index contributed by atoms with van der Waals surface area (Å²) in [4.78, 5) is 24.8. The van der Waals surface area contributed by atoms with E-state index >= 15 is 0 Å². The Balaban J connectivity index is 2.25. The predicted molar refractivity (Wildman–Crippen MR) is 84.0 cm³/mol. The molecule has 0 saturated carbocycles. The van der Waals surface area contributed by atoms with Crippen LogP contribution in [0.2, 0.25) is 0 Å². The molecule has 1 aliphatic carbocycles. The molecule has 0 atom stereocenters. The SMILES string of the molecule is CC(C)C1=Cc2cccc(-c3ccccc3)c2C(=O)C1=O. The van der Waals surface area contributed by atoms with E-state index in [1.165, 1.54) is 0 Å². The van der Waals surface area contributed by atoms with Crippen LogP contribution in [0.3, 0.4) is 0 Å². The van der Waals surface area contributed by atoms with Crippen molar-refractivity contribution in [1.29, 1.82) is 0 Å². The van der Waals surface area contributed by atoms with E-state index in [9.17, 15) is 9.59 Å². The lowest BCUT2D eigenvalue weighted by Gasteiger charge is -2.19. The molecular weight excluding hydrogens is 260 g/mol. The monoisotopic (exact) mass is 276 g/mol. The Hall–Kier alpha value is -2.48. The van der Waals surface area contributed by atoms with Crippen LogP contribution in [0, 0.1) is 5.92 Å². The van der Waals surface area contributed by atoms with Crippen molar-refractivity contribution in [3.8, 4) is 11.1 Å². The number of rotatable bonds is 2. The van der Waals surface area contributed by atoms with Crippen molar-refractivity contribution in [2.75, 3.05) is 0 Å². The molecular formula is C19H16O2. The number of carbonyl (C=O) groups excluding carboxylic acids is 2. The maximum Gasteiger partial charge on any atom is 0.234 e. The number of fused-ring (bicyclic) bond motifs is 1. The number of carbonyl (C=O) groups is 2. The van der Waals surface area contributed by atoms with Crippen LogP contribution in [0.4, 0.5) is 0 Å². The van der Waals surface area contributed by atoms with Crippen LogP contribution in [0.25, 0.3) is 17.2 Å². The number of benzene rings is 2. The van der Waals surface area contributed by atoms with E-state index in [4.69, 9.17) is 0 Å². The normalized spacial score (nSPS) is 14.1. The fourth-order valence-electron chi connectivity index (χ4n) is 2.71. The van der Waals surface area contributed by atoms with E-state index < -0.39 is 5.78 Å². The van der Waals surface area contributed by atoms with Crippen LogP contribution < -0.4 is 0 Å². The zero-order chi connectivity index (χ0) is 15.0. The Kier molecular flexibility index (Phi) is 3.30. The summed E-state index contributed by atoms with van der Waals surface area (Å²) in [5, 5.41) is 0. The second-order valence-corrected chi connectivity index (χ2v) is 5.55. The Morgan fingerprint density at radius 1 is 0.810 bits per heavy atom. The van der Waals surface area contributed by atoms with Gasteiger partial charge < -0.3 is 0 Å². The largest absolute Gasteiger partial charge is 0.285 e. The van der Waals surface area contributed by atoms with Gasteiger partial charge in [0.25, 0.3) is 0 Å². The van der Waals surface area contributed by atoms with Crippen molar-refractivity contribution < 1.29 is 9.59 Å². The smallest absolute Gasteiger partial charge is 0.234 e. The first-order chi connectivity index (χ1) is 10.1. The molecule has 0 spiro atoms. The first kappa shape index (κ1) is 13.5. The molecule has 0 aliphatic heterocycles. The molecule has 0 bridgehead atoms. The molecule has 2 aromatic rings. The van der Waals surface area contributed by atoms with Crippen molar-refractivity contribution in [1.82, 2.24) is 0 Å². The molecule has 0 amide bonds. The highest BCUT2D eigenvalue weighted by atomic mass is 16.2. The highest BCUT2D eigenvalue weighted by molar-refractivity contribution is 6.52. The van der Waals surface area contributed by atoms with Gasteiger partial charge in [-0.05, 0) is 28.7 Å². The molecule has 3 rings (SSSR count). The Morgan fingerprint density at radius 2 is 1.52 bits per heavy atom. The lowest BCUT2D eigenvalue weighted by molar-refractivity contribution is -0.112. The third-order valence-corrected chi connectivity index (χ3v) is 3.81. The predicted octanol–water partition coefficient (Wildman–Crippen LogP) is 4.16. The van der Waals surface area contributed by atoms with E-state index in [-0.39, 0.29) is 11.7 Å². The van der Waals surface area contributed by atoms with Crippen molar-refractivity contribution in [3.05, 3.63) is 65.2 Å². The van der Waals surface area contributed by atoms with Gasteiger partial charge in [0.15, 0.2) is 0 Å². The van der Waals surface area contributed by atoms with Gasteiger partial charge in [0, 0.05) is 11.1 Å². The van der Waals surface area contributed by atoms with Crippen molar-refractivity contribution in [3.63, 3.8) is 0 Å². The van der Waals surface area contributed by atoms with E-state index in [1.807, 2.05) is 68.5 Å². The summed E-state index contributed by atoms with van der Waals surface area (Å²) >= 11 is 0. The molecule has 2 aromatic carbocycles. The fraction of sp³-hybridized carbons (Fsp3) is 0.158. The topological polar surface area (TPSA) is 34.1 Å². The average molecular weight is 276 g/mol. The second-order valence-electron chi connectivity index (χ2n) is 5.55. The highest BCUT2D eigenvalue weighted by Crippen LogP contribution is 2.33. The van der Waals surface area contributed by atoms with Gasteiger partial charge in [-0.25, -0.2) is 0 Å². The van der Waals surface area contributed by atoms with E-state index in [0.29, 0.717) is 11.1 Å². The summed E-state index contributed by atoms with van der Waals surface area (Å²) in [6.07, 6.45) is 1.86. The molecule has 0 aromatic heterocycles. The molecule has 2 nitrogen and oxygen atoms in total.